The Balaban J connectivity index is 1.81. The van der Waals surface area contributed by atoms with E-state index in [1.54, 1.807) is 48.3 Å². The van der Waals surface area contributed by atoms with Crippen molar-refractivity contribution in [3.63, 3.8) is 0 Å². The van der Waals surface area contributed by atoms with Crippen molar-refractivity contribution in [2.24, 2.45) is 0 Å². The maximum absolute atomic E-state index is 12.6. The van der Waals surface area contributed by atoms with Crippen molar-refractivity contribution < 1.29 is 19.2 Å². The first-order valence-electron chi connectivity index (χ1n) is 8.92. The number of hydrogen-bond acceptors (Lipinski definition) is 6. The number of ether oxygens (including phenoxy) is 1. The highest BCUT2D eigenvalue weighted by Gasteiger charge is 2.24. The van der Waals surface area contributed by atoms with Crippen LogP contribution in [0.3, 0.4) is 0 Å². The molecule has 146 valence electrons. The number of likely N-dealkylation sites (N-methyl/N-ethyl adjacent to an activating group) is 1. The highest BCUT2D eigenvalue weighted by atomic mass is 16.6. The Morgan fingerprint density at radius 2 is 1.79 bits per heavy atom. The maximum Gasteiger partial charge on any atom is 0.293 e. The Kier molecular flexibility index (Phi) is 6.00. The molecule has 0 N–H and O–H groups in total. The average Bonchev–Trinajstić information content (AvgIpc) is 2.73. The topological polar surface area (TPSA) is 93.0 Å². The number of nitro benzene ring substituents is 1. The summed E-state index contributed by atoms with van der Waals surface area (Å²) in [5.41, 5.74) is 0.769. The molecule has 1 saturated heterocycles. The molecule has 0 radical (unpaired) electrons. The van der Waals surface area contributed by atoms with Crippen LogP contribution in [0.2, 0.25) is 0 Å². The molecule has 2 aromatic rings. The van der Waals surface area contributed by atoms with Crippen LogP contribution < -0.4 is 4.90 Å². The molecule has 8 nitrogen and oxygen atoms in total. The fourth-order valence-corrected chi connectivity index (χ4v) is 3.09. The number of rotatable bonds is 6. The predicted molar refractivity (Wildman–Crippen MR) is 104 cm³/mol. The lowest BCUT2D eigenvalue weighted by Crippen LogP contribution is -2.45. The monoisotopic (exact) mass is 383 g/mol. The number of amides is 1. The molecule has 1 aliphatic heterocycles. The molecule has 0 aliphatic carbocycles. The van der Waals surface area contributed by atoms with Crippen LogP contribution >= 0.6 is 0 Å². The Bertz CT molecular complexity index is 879. The number of nitro groups is 1. The molecule has 0 aromatic heterocycles. The van der Waals surface area contributed by atoms with Crippen molar-refractivity contribution in [1.82, 2.24) is 4.90 Å². The van der Waals surface area contributed by atoms with Crippen LogP contribution in [0.25, 0.3) is 0 Å². The number of anilines is 1. The minimum atomic E-state index is -0.535. The molecule has 8 heteroatoms. The highest BCUT2D eigenvalue weighted by Crippen LogP contribution is 2.29. The first-order valence-corrected chi connectivity index (χ1v) is 8.92. The fourth-order valence-electron chi connectivity index (χ4n) is 3.09. The average molecular weight is 383 g/mol. The quantitative estimate of drug-likeness (QED) is 0.431. The number of nitrogens with zero attached hydrogens (tertiary/aromatic N) is 3. The van der Waals surface area contributed by atoms with Gasteiger partial charge in [0.25, 0.3) is 5.69 Å². The van der Waals surface area contributed by atoms with Crippen LogP contribution in [0.4, 0.5) is 11.4 Å². The third-order valence-electron chi connectivity index (χ3n) is 4.62. The maximum atomic E-state index is 12.6. The van der Waals surface area contributed by atoms with Crippen LogP contribution in [-0.2, 0) is 9.53 Å². The number of ketones is 1. The molecule has 1 fully saturated rings. The van der Waals surface area contributed by atoms with E-state index in [9.17, 15) is 19.7 Å². The SMILES string of the molecule is CN(CC(=O)N1CCOCC1)c1ccc(C(=O)c2ccccc2)cc1[N+](=O)[O-]. The van der Waals surface area contributed by atoms with Gasteiger partial charge in [0, 0.05) is 37.3 Å². The Morgan fingerprint density at radius 3 is 2.43 bits per heavy atom. The van der Waals surface area contributed by atoms with Gasteiger partial charge in [-0.2, -0.15) is 0 Å². The molecule has 28 heavy (non-hydrogen) atoms. The second kappa shape index (κ2) is 8.62. The van der Waals surface area contributed by atoms with Crippen molar-refractivity contribution in [3.8, 4) is 0 Å². The van der Waals surface area contributed by atoms with Crippen LogP contribution in [0.5, 0.6) is 0 Å². The molecule has 1 amide bonds. The van der Waals surface area contributed by atoms with Gasteiger partial charge >= 0.3 is 0 Å². The summed E-state index contributed by atoms with van der Waals surface area (Å²) in [7, 11) is 1.62. The summed E-state index contributed by atoms with van der Waals surface area (Å²) >= 11 is 0. The first kappa shape index (κ1) is 19.5. The van der Waals surface area contributed by atoms with Crippen LogP contribution in [-0.4, -0.2) is 61.4 Å². The van der Waals surface area contributed by atoms with Gasteiger partial charge in [0.2, 0.25) is 5.91 Å². The van der Waals surface area contributed by atoms with Crippen molar-refractivity contribution >= 4 is 23.1 Å². The summed E-state index contributed by atoms with van der Waals surface area (Å²) in [4.78, 5) is 39.3. The molecule has 0 saturated carbocycles. The summed E-state index contributed by atoms with van der Waals surface area (Å²) in [5, 5.41) is 11.6. The lowest BCUT2D eigenvalue weighted by Gasteiger charge is -2.29. The Hall–Kier alpha value is -3.26. The smallest absolute Gasteiger partial charge is 0.293 e. The van der Waals surface area contributed by atoms with Crippen LogP contribution in [0, 0.1) is 10.1 Å². The van der Waals surface area contributed by atoms with E-state index in [4.69, 9.17) is 4.74 Å². The summed E-state index contributed by atoms with van der Waals surface area (Å²) in [6.45, 7) is 2.02. The van der Waals surface area contributed by atoms with Gasteiger partial charge in [0.15, 0.2) is 5.78 Å². The second-order valence-corrected chi connectivity index (χ2v) is 6.50. The van der Waals surface area contributed by atoms with E-state index >= 15 is 0 Å². The molecule has 3 rings (SSSR count). The fraction of sp³-hybridized carbons (Fsp3) is 0.300. The molecular weight excluding hydrogens is 362 g/mol. The summed E-state index contributed by atoms with van der Waals surface area (Å²) in [6, 6.07) is 12.9. The van der Waals surface area contributed by atoms with E-state index in [1.807, 2.05) is 0 Å². The number of morpholine rings is 1. The van der Waals surface area contributed by atoms with Gasteiger partial charge in [-0.05, 0) is 12.1 Å². The second-order valence-electron chi connectivity index (χ2n) is 6.50. The molecule has 2 aromatic carbocycles. The Morgan fingerprint density at radius 1 is 1.11 bits per heavy atom. The Labute approximate surface area is 162 Å². The molecule has 0 bridgehead atoms. The molecule has 0 atom stereocenters. The van der Waals surface area contributed by atoms with Gasteiger partial charge in [0.1, 0.15) is 5.69 Å². The van der Waals surface area contributed by atoms with Crippen molar-refractivity contribution in [2.45, 2.75) is 0 Å². The lowest BCUT2D eigenvalue weighted by molar-refractivity contribution is -0.384. The van der Waals surface area contributed by atoms with E-state index in [0.29, 0.717) is 31.9 Å². The number of carbonyl (C=O) groups is 2. The zero-order chi connectivity index (χ0) is 20.1. The van der Waals surface area contributed by atoms with E-state index in [-0.39, 0.29) is 35.2 Å². The summed E-state index contributed by atoms with van der Waals surface area (Å²) in [5.74, 6) is -0.410. The van der Waals surface area contributed by atoms with Gasteiger partial charge in [-0.3, -0.25) is 19.7 Å². The van der Waals surface area contributed by atoms with Gasteiger partial charge < -0.3 is 14.5 Å². The lowest BCUT2D eigenvalue weighted by atomic mass is 10.0. The van der Waals surface area contributed by atoms with Gasteiger partial charge in [-0.15, -0.1) is 0 Å². The van der Waals surface area contributed by atoms with Gasteiger partial charge in [0.05, 0.1) is 24.7 Å². The summed E-state index contributed by atoms with van der Waals surface area (Å²) in [6.07, 6.45) is 0. The van der Waals surface area contributed by atoms with Gasteiger partial charge in [-0.1, -0.05) is 30.3 Å². The molecule has 0 spiro atoms. The number of hydrogen-bond donors (Lipinski definition) is 0. The molecule has 0 unspecified atom stereocenters. The molecule has 1 aliphatic rings. The third-order valence-corrected chi connectivity index (χ3v) is 4.62. The van der Waals surface area contributed by atoms with E-state index < -0.39 is 4.92 Å². The number of carbonyl (C=O) groups excluding carboxylic acids is 2. The van der Waals surface area contributed by atoms with E-state index in [0.717, 1.165) is 0 Å². The predicted octanol–water partition coefficient (Wildman–Crippen LogP) is 2.12. The summed E-state index contributed by atoms with van der Waals surface area (Å²) < 4.78 is 5.23. The first-order chi connectivity index (χ1) is 13.5. The number of benzene rings is 2. The highest BCUT2D eigenvalue weighted by molar-refractivity contribution is 6.09. The van der Waals surface area contributed by atoms with E-state index in [2.05, 4.69) is 0 Å². The van der Waals surface area contributed by atoms with Crippen molar-refractivity contribution in [3.05, 3.63) is 69.8 Å². The van der Waals surface area contributed by atoms with Crippen LogP contribution in [0.15, 0.2) is 48.5 Å². The standard InChI is InChI=1S/C20H21N3O5/c1-21(14-19(24)22-9-11-28-12-10-22)17-8-7-16(13-18(17)23(26)27)20(25)15-5-3-2-4-6-15/h2-8,13H,9-12,14H2,1H3. The van der Waals surface area contributed by atoms with Gasteiger partial charge in [-0.25, -0.2) is 0 Å². The molecular formula is C20H21N3O5. The molecule has 1 heterocycles. The van der Waals surface area contributed by atoms with Crippen LogP contribution in [0.1, 0.15) is 15.9 Å². The minimum absolute atomic E-state index is 0.00676. The normalized spacial score (nSPS) is 13.8. The largest absolute Gasteiger partial charge is 0.378 e. The third kappa shape index (κ3) is 4.34. The van der Waals surface area contributed by atoms with Crippen molar-refractivity contribution in [1.29, 1.82) is 0 Å². The van der Waals surface area contributed by atoms with E-state index in [1.165, 1.54) is 17.0 Å². The minimum Gasteiger partial charge on any atom is -0.378 e. The zero-order valence-corrected chi connectivity index (χ0v) is 15.5. The van der Waals surface area contributed by atoms with Crippen molar-refractivity contribution in [2.75, 3.05) is 44.8 Å². The zero-order valence-electron chi connectivity index (χ0n) is 15.5.